The van der Waals surface area contributed by atoms with E-state index < -0.39 is 0 Å². The normalized spacial score (nSPS) is 21.3. The zero-order valence-electron chi connectivity index (χ0n) is 9.02. The summed E-state index contributed by atoms with van der Waals surface area (Å²) in [7, 11) is 0. The van der Waals surface area contributed by atoms with Crippen molar-refractivity contribution in [3.63, 3.8) is 0 Å². The maximum absolute atomic E-state index is 3.62. The Morgan fingerprint density at radius 2 is 2.33 bits per heavy atom. The first-order valence-corrected chi connectivity index (χ1v) is 6.29. The molecule has 0 saturated carbocycles. The largest absolute Gasteiger partial charge is 0.380 e. The predicted octanol–water partition coefficient (Wildman–Crippen LogP) is 2.92. The van der Waals surface area contributed by atoms with Crippen LogP contribution in [0.15, 0.2) is 22.7 Å². The van der Waals surface area contributed by atoms with Gasteiger partial charge in [0.25, 0.3) is 0 Å². The molecule has 2 N–H and O–H groups in total. The molecule has 3 heteroatoms. The van der Waals surface area contributed by atoms with Crippen LogP contribution in [0.2, 0.25) is 0 Å². The van der Waals surface area contributed by atoms with Crippen LogP contribution in [0.3, 0.4) is 0 Å². The lowest BCUT2D eigenvalue weighted by molar-refractivity contribution is 0.480. The molecule has 1 atom stereocenters. The van der Waals surface area contributed by atoms with Crippen LogP contribution in [-0.4, -0.2) is 19.1 Å². The van der Waals surface area contributed by atoms with Gasteiger partial charge in [0.2, 0.25) is 0 Å². The molecule has 15 heavy (non-hydrogen) atoms. The van der Waals surface area contributed by atoms with Crippen LogP contribution in [0.1, 0.15) is 18.4 Å². The highest BCUT2D eigenvalue weighted by atomic mass is 79.9. The molecule has 82 valence electrons. The third-order valence-corrected chi connectivity index (χ3v) is 3.90. The molecule has 0 spiro atoms. The molecule has 2 nitrogen and oxygen atoms in total. The predicted molar refractivity (Wildman–Crippen MR) is 68.4 cm³/mol. The SMILES string of the molecule is Cc1cccc(NC2CCCNC2)c1Br. The summed E-state index contributed by atoms with van der Waals surface area (Å²) in [5.74, 6) is 0. The second kappa shape index (κ2) is 4.99. The van der Waals surface area contributed by atoms with Gasteiger partial charge in [-0.3, -0.25) is 0 Å². The highest BCUT2D eigenvalue weighted by Crippen LogP contribution is 2.26. The van der Waals surface area contributed by atoms with Crippen molar-refractivity contribution in [2.24, 2.45) is 0 Å². The van der Waals surface area contributed by atoms with Crippen LogP contribution in [-0.2, 0) is 0 Å². The maximum atomic E-state index is 3.62. The summed E-state index contributed by atoms with van der Waals surface area (Å²) < 4.78 is 1.19. The van der Waals surface area contributed by atoms with Gasteiger partial charge in [-0.05, 0) is 53.9 Å². The van der Waals surface area contributed by atoms with E-state index in [1.54, 1.807) is 0 Å². The van der Waals surface area contributed by atoms with Crippen molar-refractivity contribution in [3.8, 4) is 0 Å². The molecule has 0 radical (unpaired) electrons. The quantitative estimate of drug-likeness (QED) is 0.862. The molecule has 1 aliphatic heterocycles. The summed E-state index contributed by atoms with van der Waals surface area (Å²) in [6.45, 7) is 4.35. The Morgan fingerprint density at radius 1 is 1.47 bits per heavy atom. The summed E-state index contributed by atoms with van der Waals surface area (Å²) in [6.07, 6.45) is 2.52. The summed E-state index contributed by atoms with van der Waals surface area (Å²) in [5, 5.41) is 6.99. The minimum Gasteiger partial charge on any atom is -0.380 e. The molecule has 2 rings (SSSR count). The van der Waals surface area contributed by atoms with Crippen LogP contribution >= 0.6 is 15.9 Å². The van der Waals surface area contributed by atoms with Gasteiger partial charge in [-0.2, -0.15) is 0 Å². The molecule has 0 amide bonds. The van der Waals surface area contributed by atoms with Crippen LogP contribution in [0.4, 0.5) is 5.69 Å². The van der Waals surface area contributed by atoms with E-state index in [-0.39, 0.29) is 0 Å². The smallest absolute Gasteiger partial charge is 0.0489 e. The van der Waals surface area contributed by atoms with Gasteiger partial charge < -0.3 is 10.6 Å². The number of nitrogens with one attached hydrogen (secondary N) is 2. The molecule has 1 fully saturated rings. The fourth-order valence-corrected chi connectivity index (χ4v) is 2.33. The number of hydrogen-bond donors (Lipinski definition) is 2. The lowest BCUT2D eigenvalue weighted by Gasteiger charge is -2.25. The van der Waals surface area contributed by atoms with Gasteiger partial charge in [0, 0.05) is 22.7 Å². The third-order valence-electron chi connectivity index (χ3n) is 2.85. The van der Waals surface area contributed by atoms with Crippen molar-refractivity contribution in [2.45, 2.75) is 25.8 Å². The first-order chi connectivity index (χ1) is 7.27. The topological polar surface area (TPSA) is 24.1 Å². The molecule has 0 bridgehead atoms. The van der Waals surface area contributed by atoms with Crippen molar-refractivity contribution in [3.05, 3.63) is 28.2 Å². The summed E-state index contributed by atoms with van der Waals surface area (Å²) >= 11 is 3.62. The molecular formula is C12H17BrN2. The van der Waals surface area contributed by atoms with Gasteiger partial charge >= 0.3 is 0 Å². The highest BCUT2D eigenvalue weighted by Gasteiger charge is 2.13. The van der Waals surface area contributed by atoms with Crippen LogP contribution in [0.5, 0.6) is 0 Å². The van der Waals surface area contributed by atoms with Crippen LogP contribution in [0.25, 0.3) is 0 Å². The average molecular weight is 269 g/mol. The first kappa shape index (κ1) is 11.0. The molecular weight excluding hydrogens is 252 g/mol. The number of rotatable bonds is 2. The van der Waals surface area contributed by atoms with Gasteiger partial charge in [0.1, 0.15) is 0 Å². The van der Waals surface area contributed by atoms with Crippen molar-refractivity contribution in [2.75, 3.05) is 18.4 Å². The standard InChI is InChI=1S/C12H17BrN2/c1-9-4-2-6-11(12(9)13)15-10-5-3-7-14-8-10/h2,4,6,10,14-15H,3,5,7-8H2,1H3. The summed E-state index contributed by atoms with van der Waals surface area (Å²) in [5.41, 5.74) is 2.49. The van der Waals surface area contributed by atoms with E-state index in [0.29, 0.717) is 6.04 Å². The van der Waals surface area contributed by atoms with E-state index in [0.717, 1.165) is 13.1 Å². The van der Waals surface area contributed by atoms with Crippen molar-refractivity contribution < 1.29 is 0 Å². The Hall–Kier alpha value is -0.540. The molecule has 1 unspecified atom stereocenters. The number of aryl methyl sites for hydroxylation is 1. The summed E-state index contributed by atoms with van der Waals surface area (Å²) in [6, 6.07) is 6.91. The molecule has 1 saturated heterocycles. The lowest BCUT2D eigenvalue weighted by Crippen LogP contribution is -2.38. The monoisotopic (exact) mass is 268 g/mol. The molecule has 1 aromatic carbocycles. The van der Waals surface area contributed by atoms with Crippen LogP contribution in [0, 0.1) is 6.92 Å². The van der Waals surface area contributed by atoms with Crippen LogP contribution < -0.4 is 10.6 Å². The van der Waals surface area contributed by atoms with Gasteiger partial charge in [-0.1, -0.05) is 12.1 Å². The van der Waals surface area contributed by atoms with E-state index in [1.165, 1.54) is 28.6 Å². The van der Waals surface area contributed by atoms with Crippen molar-refractivity contribution >= 4 is 21.6 Å². The molecule has 0 aromatic heterocycles. The number of halogens is 1. The Kier molecular flexibility index (Phi) is 3.65. The Balaban J connectivity index is 2.06. The number of anilines is 1. The van der Waals surface area contributed by atoms with E-state index in [2.05, 4.69) is 51.7 Å². The van der Waals surface area contributed by atoms with Gasteiger partial charge in [0.15, 0.2) is 0 Å². The zero-order chi connectivity index (χ0) is 10.7. The van der Waals surface area contributed by atoms with Crippen molar-refractivity contribution in [1.82, 2.24) is 5.32 Å². The zero-order valence-corrected chi connectivity index (χ0v) is 10.6. The Labute approximate surface area is 99.6 Å². The van der Waals surface area contributed by atoms with Crippen molar-refractivity contribution in [1.29, 1.82) is 0 Å². The summed E-state index contributed by atoms with van der Waals surface area (Å²) in [4.78, 5) is 0. The second-order valence-electron chi connectivity index (χ2n) is 4.12. The minimum atomic E-state index is 0.567. The Morgan fingerprint density at radius 3 is 3.07 bits per heavy atom. The highest BCUT2D eigenvalue weighted by molar-refractivity contribution is 9.10. The first-order valence-electron chi connectivity index (χ1n) is 5.50. The molecule has 1 aliphatic rings. The molecule has 1 heterocycles. The third kappa shape index (κ3) is 2.73. The fraction of sp³-hybridized carbons (Fsp3) is 0.500. The number of piperidine rings is 1. The Bertz CT molecular complexity index is 332. The number of benzene rings is 1. The van der Waals surface area contributed by atoms with Gasteiger partial charge in [0.05, 0.1) is 0 Å². The second-order valence-corrected chi connectivity index (χ2v) is 4.92. The molecule has 1 aromatic rings. The fourth-order valence-electron chi connectivity index (χ4n) is 1.95. The van der Waals surface area contributed by atoms with Gasteiger partial charge in [-0.15, -0.1) is 0 Å². The van der Waals surface area contributed by atoms with E-state index >= 15 is 0 Å². The number of hydrogen-bond acceptors (Lipinski definition) is 2. The molecule has 0 aliphatic carbocycles. The van der Waals surface area contributed by atoms with E-state index in [4.69, 9.17) is 0 Å². The maximum Gasteiger partial charge on any atom is 0.0489 e. The van der Waals surface area contributed by atoms with E-state index in [1.807, 2.05) is 0 Å². The van der Waals surface area contributed by atoms with Gasteiger partial charge in [-0.25, -0.2) is 0 Å². The van der Waals surface area contributed by atoms with E-state index in [9.17, 15) is 0 Å². The average Bonchev–Trinajstić information content (AvgIpc) is 2.26. The lowest BCUT2D eigenvalue weighted by atomic mass is 10.1. The minimum absolute atomic E-state index is 0.567.